The lowest BCUT2D eigenvalue weighted by molar-refractivity contribution is 0.0697. The number of sulfonamides is 1. The van der Waals surface area contributed by atoms with Crippen LogP contribution in [0.5, 0.6) is 11.5 Å². The second-order valence-corrected chi connectivity index (χ2v) is 9.49. The van der Waals surface area contributed by atoms with Gasteiger partial charge in [0.05, 0.1) is 24.7 Å². The second kappa shape index (κ2) is 9.36. The fourth-order valence-corrected chi connectivity index (χ4v) is 3.89. The van der Waals surface area contributed by atoms with Gasteiger partial charge in [-0.15, -0.1) is 0 Å². The molecule has 2 aromatic carbocycles. The van der Waals surface area contributed by atoms with E-state index in [-0.39, 0.29) is 22.5 Å². The molecule has 0 aliphatic rings. The minimum absolute atomic E-state index is 0.104. The maximum atomic E-state index is 12.6. The van der Waals surface area contributed by atoms with Gasteiger partial charge in [-0.05, 0) is 63.1 Å². The highest BCUT2D eigenvalue weighted by molar-refractivity contribution is 7.89. The fourth-order valence-electron chi connectivity index (χ4n) is 2.83. The molecule has 9 heteroatoms. The first-order chi connectivity index (χ1) is 14.0. The van der Waals surface area contributed by atoms with E-state index in [1.807, 2.05) is 26.8 Å². The summed E-state index contributed by atoms with van der Waals surface area (Å²) in [4.78, 5) is 11.5. The predicted molar refractivity (Wildman–Crippen MR) is 115 cm³/mol. The average molecular weight is 437 g/mol. The predicted octanol–water partition coefficient (Wildman–Crippen LogP) is 3.13. The Morgan fingerprint density at radius 3 is 2.27 bits per heavy atom. The number of aromatic carboxylic acids is 1. The number of methoxy groups -OCH3 is 2. The highest BCUT2D eigenvalue weighted by Gasteiger charge is 2.21. The molecule has 0 spiro atoms. The van der Waals surface area contributed by atoms with Crippen molar-refractivity contribution in [2.75, 3.05) is 26.1 Å². The van der Waals surface area contributed by atoms with Gasteiger partial charge in [-0.2, -0.15) is 0 Å². The van der Waals surface area contributed by atoms with Crippen LogP contribution in [0.15, 0.2) is 41.3 Å². The Morgan fingerprint density at radius 1 is 1.03 bits per heavy atom. The zero-order valence-corrected chi connectivity index (χ0v) is 18.6. The van der Waals surface area contributed by atoms with Crippen molar-refractivity contribution in [2.24, 2.45) is 0 Å². The van der Waals surface area contributed by atoms with Crippen molar-refractivity contribution in [1.82, 2.24) is 4.72 Å². The van der Waals surface area contributed by atoms with E-state index in [1.54, 1.807) is 19.2 Å². The van der Waals surface area contributed by atoms with Crippen molar-refractivity contribution in [3.05, 3.63) is 47.5 Å². The lowest BCUT2D eigenvalue weighted by Gasteiger charge is -2.23. The van der Waals surface area contributed by atoms with Gasteiger partial charge in [0.25, 0.3) is 0 Å². The van der Waals surface area contributed by atoms with E-state index in [0.29, 0.717) is 23.6 Å². The van der Waals surface area contributed by atoms with Crippen LogP contribution >= 0.6 is 0 Å². The Labute approximate surface area is 177 Å². The van der Waals surface area contributed by atoms with Crippen LogP contribution in [0.25, 0.3) is 0 Å². The van der Waals surface area contributed by atoms with E-state index < -0.39 is 16.0 Å². The molecule has 0 amide bonds. The topological polar surface area (TPSA) is 114 Å². The molecule has 0 aliphatic heterocycles. The number of rotatable bonds is 9. The Hall–Kier alpha value is -2.78. The molecule has 0 heterocycles. The maximum absolute atomic E-state index is 12.6. The fraction of sp³-hybridized carbons (Fsp3) is 0.381. The van der Waals surface area contributed by atoms with E-state index in [1.165, 1.54) is 19.2 Å². The van der Waals surface area contributed by atoms with E-state index >= 15 is 0 Å². The number of hydrogen-bond acceptors (Lipinski definition) is 6. The second-order valence-electron chi connectivity index (χ2n) is 7.72. The molecular weight excluding hydrogens is 408 g/mol. The molecule has 0 fully saturated rings. The normalized spacial score (nSPS) is 11.8. The first kappa shape index (κ1) is 23.5. The third kappa shape index (κ3) is 6.11. The summed E-state index contributed by atoms with van der Waals surface area (Å²) in [5.74, 6) is -0.0537. The van der Waals surface area contributed by atoms with Crippen LogP contribution in [-0.4, -0.2) is 45.8 Å². The van der Waals surface area contributed by atoms with Crippen LogP contribution < -0.4 is 19.5 Å². The molecule has 0 bridgehead atoms. The zero-order chi connectivity index (χ0) is 22.5. The minimum atomic E-state index is -3.87. The van der Waals surface area contributed by atoms with Gasteiger partial charge in [0, 0.05) is 17.8 Å². The van der Waals surface area contributed by atoms with Gasteiger partial charge >= 0.3 is 5.97 Å². The highest BCUT2D eigenvalue weighted by Crippen LogP contribution is 2.28. The number of ether oxygens (including phenoxy) is 2. The SMILES string of the molecule is COc1ccc(CCNS(=O)(=O)c2ccc(NC(C)(C)C)c(C(=O)O)c2)cc1OC. The first-order valence-corrected chi connectivity index (χ1v) is 10.8. The van der Waals surface area contributed by atoms with E-state index in [0.717, 1.165) is 11.6 Å². The van der Waals surface area contributed by atoms with Gasteiger partial charge in [0.15, 0.2) is 11.5 Å². The molecule has 0 atom stereocenters. The van der Waals surface area contributed by atoms with E-state index in [4.69, 9.17) is 9.47 Å². The molecular formula is C21H28N2O6S. The Bertz CT molecular complexity index is 1010. The van der Waals surface area contributed by atoms with Crippen LogP contribution in [0.4, 0.5) is 5.69 Å². The van der Waals surface area contributed by atoms with Crippen LogP contribution in [-0.2, 0) is 16.4 Å². The summed E-state index contributed by atoms with van der Waals surface area (Å²) < 4.78 is 38.2. The number of hydrogen-bond donors (Lipinski definition) is 3. The average Bonchev–Trinajstić information content (AvgIpc) is 2.66. The number of carbonyl (C=O) groups is 1. The maximum Gasteiger partial charge on any atom is 0.337 e. The third-order valence-electron chi connectivity index (χ3n) is 4.20. The lowest BCUT2D eigenvalue weighted by atomic mass is 10.1. The molecule has 0 unspecified atom stereocenters. The molecule has 164 valence electrons. The van der Waals surface area contributed by atoms with Crippen LogP contribution in [0, 0.1) is 0 Å². The number of nitrogens with one attached hydrogen (secondary N) is 2. The Kier molecular flexibility index (Phi) is 7.33. The van der Waals surface area contributed by atoms with Crippen LogP contribution in [0.3, 0.4) is 0 Å². The summed E-state index contributed by atoms with van der Waals surface area (Å²) >= 11 is 0. The Morgan fingerprint density at radius 2 is 1.70 bits per heavy atom. The summed E-state index contributed by atoms with van der Waals surface area (Å²) in [5, 5.41) is 12.6. The zero-order valence-electron chi connectivity index (χ0n) is 17.8. The monoisotopic (exact) mass is 436 g/mol. The molecule has 0 aliphatic carbocycles. The van der Waals surface area contributed by atoms with Gasteiger partial charge in [0.2, 0.25) is 10.0 Å². The van der Waals surface area contributed by atoms with E-state index in [2.05, 4.69) is 10.0 Å². The molecule has 3 N–H and O–H groups in total. The number of carboxylic acid groups (broad SMARTS) is 1. The summed E-state index contributed by atoms with van der Waals surface area (Å²) in [6.45, 7) is 5.80. The van der Waals surface area contributed by atoms with Crippen LogP contribution in [0.1, 0.15) is 36.7 Å². The number of carboxylic acids is 1. The van der Waals surface area contributed by atoms with Gasteiger partial charge < -0.3 is 19.9 Å². The molecule has 2 aromatic rings. The summed E-state index contributed by atoms with van der Waals surface area (Å²) in [5.41, 5.74) is 0.751. The van der Waals surface area contributed by atoms with Crippen molar-refractivity contribution in [3.63, 3.8) is 0 Å². The molecule has 0 radical (unpaired) electrons. The standard InChI is InChI=1S/C21H28N2O6S/c1-21(2,3)23-17-8-7-15(13-16(17)20(24)25)30(26,27)22-11-10-14-6-9-18(28-4)19(12-14)29-5/h6-9,12-13,22-23H,10-11H2,1-5H3,(H,24,25). The quantitative estimate of drug-likeness (QED) is 0.553. The number of benzene rings is 2. The smallest absolute Gasteiger partial charge is 0.337 e. The molecule has 8 nitrogen and oxygen atoms in total. The van der Waals surface area contributed by atoms with Crippen molar-refractivity contribution in [3.8, 4) is 11.5 Å². The lowest BCUT2D eigenvalue weighted by Crippen LogP contribution is -2.28. The third-order valence-corrected chi connectivity index (χ3v) is 5.65. The van der Waals surface area contributed by atoms with Gasteiger partial charge in [-0.3, -0.25) is 0 Å². The summed E-state index contributed by atoms with van der Waals surface area (Å²) in [6.07, 6.45) is 0.426. The number of anilines is 1. The summed E-state index contributed by atoms with van der Waals surface area (Å²) in [7, 11) is -0.801. The van der Waals surface area contributed by atoms with Gasteiger partial charge in [0.1, 0.15) is 0 Å². The largest absolute Gasteiger partial charge is 0.493 e. The van der Waals surface area contributed by atoms with Gasteiger partial charge in [-0.25, -0.2) is 17.9 Å². The summed E-state index contributed by atoms with van der Waals surface area (Å²) in [6, 6.07) is 9.38. The first-order valence-electron chi connectivity index (χ1n) is 9.33. The van der Waals surface area contributed by atoms with Crippen LogP contribution in [0.2, 0.25) is 0 Å². The molecule has 0 saturated heterocycles. The highest BCUT2D eigenvalue weighted by atomic mass is 32.2. The van der Waals surface area contributed by atoms with E-state index in [9.17, 15) is 18.3 Å². The Balaban J connectivity index is 2.15. The van der Waals surface area contributed by atoms with Gasteiger partial charge in [-0.1, -0.05) is 6.07 Å². The molecule has 0 saturated carbocycles. The molecule has 30 heavy (non-hydrogen) atoms. The van der Waals surface area contributed by atoms with Crippen molar-refractivity contribution in [1.29, 1.82) is 0 Å². The molecule has 0 aromatic heterocycles. The minimum Gasteiger partial charge on any atom is -0.493 e. The van der Waals surface area contributed by atoms with Crippen molar-refractivity contribution < 1.29 is 27.8 Å². The van der Waals surface area contributed by atoms with Crippen molar-refractivity contribution >= 4 is 21.7 Å². The van der Waals surface area contributed by atoms with Crippen molar-refractivity contribution in [2.45, 2.75) is 37.6 Å². The molecule has 2 rings (SSSR count).